The summed E-state index contributed by atoms with van der Waals surface area (Å²) >= 11 is 0. The van der Waals surface area contributed by atoms with Crippen molar-refractivity contribution in [3.8, 4) is 5.75 Å². The molecule has 0 radical (unpaired) electrons. The minimum atomic E-state index is 0.223. The Labute approximate surface area is 131 Å². The molecule has 2 nitrogen and oxygen atoms in total. The highest BCUT2D eigenvalue weighted by molar-refractivity contribution is 5.30. The second-order valence-corrected chi connectivity index (χ2v) is 6.38. The zero-order chi connectivity index (χ0) is 15.7. The predicted octanol–water partition coefficient (Wildman–Crippen LogP) is 5.34. The van der Waals surface area contributed by atoms with E-state index in [4.69, 9.17) is 4.74 Å². The molecular formula is C19H33NO. The molecule has 0 aliphatic rings. The molecule has 1 aromatic rings. The highest BCUT2D eigenvalue weighted by Gasteiger charge is 2.15. The molecule has 2 unspecified atom stereocenters. The first-order valence-corrected chi connectivity index (χ1v) is 8.56. The van der Waals surface area contributed by atoms with Gasteiger partial charge >= 0.3 is 0 Å². The van der Waals surface area contributed by atoms with E-state index < -0.39 is 0 Å². The van der Waals surface area contributed by atoms with Crippen LogP contribution in [0.1, 0.15) is 71.9 Å². The fourth-order valence-corrected chi connectivity index (χ4v) is 2.75. The molecule has 0 bridgehead atoms. The summed E-state index contributed by atoms with van der Waals surface area (Å²) in [6.07, 6.45) is 5.14. The van der Waals surface area contributed by atoms with Crippen LogP contribution in [-0.4, -0.2) is 12.6 Å². The number of ether oxygens (including phenoxy) is 1. The summed E-state index contributed by atoms with van der Waals surface area (Å²) in [5, 5.41) is 3.70. The van der Waals surface area contributed by atoms with Gasteiger partial charge in [-0.3, -0.25) is 0 Å². The van der Waals surface area contributed by atoms with E-state index in [2.05, 4.69) is 64.2 Å². The third-order valence-corrected chi connectivity index (χ3v) is 3.69. The summed E-state index contributed by atoms with van der Waals surface area (Å²) < 4.78 is 5.83. The van der Waals surface area contributed by atoms with Gasteiger partial charge in [-0.2, -0.15) is 0 Å². The van der Waals surface area contributed by atoms with Crippen molar-refractivity contribution in [1.29, 1.82) is 0 Å². The van der Waals surface area contributed by atoms with Crippen LogP contribution in [0.4, 0.5) is 0 Å². The Morgan fingerprint density at radius 2 is 1.86 bits per heavy atom. The second-order valence-electron chi connectivity index (χ2n) is 6.38. The third kappa shape index (κ3) is 6.99. The van der Waals surface area contributed by atoms with Crippen molar-refractivity contribution >= 4 is 0 Å². The van der Waals surface area contributed by atoms with Gasteiger partial charge in [0.2, 0.25) is 0 Å². The number of nitrogens with one attached hydrogen (secondary N) is 1. The highest BCUT2D eigenvalue weighted by atomic mass is 16.5. The lowest BCUT2D eigenvalue weighted by Crippen LogP contribution is -2.24. The predicted molar refractivity (Wildman–Crippen MR) is 91.9 cm³/mol. The molecule has 1 aromatic carbocycles. The first-order valence-electron chi connectivity index (χ1n) is 8.56. The van der Waals surface area contributed by atoms with E-state index in [1.807, 2.05) is 0 Å². The quantitative estimate of drug-likeness (QED) is 0.628. The summed E-state index contributed by atoms with van der Waals surface area (Å²) in [5.41, 5.74) is 1.35. The van der Waals surface area contributed by atoms with Crippen molar-refractivity contribution in [1.82, 2.24) is 5.32 Å². The van der Waals surface area contributed by atoms with Crippen LogP contribution in [0.15, 0.2) is 24.3 Å². The van der Waals surface area contributed by atoms with E-state index in [1.165, 1.54) is 31.2 Å². The van der Waals surface area contributed by atoms with Crippen LogP contribution in [-0.2, 0) is 0 Å². The standard InChI is InChI=1S/C19H33NO/c1-6-9-16(5)13-19(20-12-7-2)17-10-8-11-18(14-17)21-15(3)4/h8,10-11,14-16,19-20H,6-7,9,12-13H2,1-5H3. The Kier molecular flexibility index (Phi) is 8.44. The summed E-state index contributed by atoms with van der Waals surface area (Å²) in [6, 6.07) is 9.02. The van der Waals surface area contributed by atoms with E-state index in [0.29, 0.717) is 6.04 Å². The van der Waals surface area contributed by atoms with E-state index in [9.17, 15) is 0 Å². The van der Waals surface area contributed by atoms with Crippen molar-refractivity contribution in [2.24, 2.45) is 5.92 Å². The van der Waals surface area contributed by atoms with Crippen molar-refractivity contribution in [3.63, 3.8) is 0 Å². The maximum Gasteiger partial charge on any atom is 0.120 e. The van der Waals surface area contributed by atoms with Gasteiger partial charge in [0.25, 0.3) is 0 Å². The molecule has 0 fully saturated rings. The molecule has 1 rings (SSSR count). The van der Waals surface area contributed by atoms with Gasteiger partial charge in [0.15, 0.2) is 0 Å². The number of rotatable bonds is 10. The van der Waals surface area contributed by atoms with Crippen LogP contribution < -0.4 is 10.1 Å². The molecule has 0 spiro atoms. The van der Waals surface area contributed by atoms with Crippen LogP contribution in [0.5, 0.6) is 5.75 Å². The van der Waals surface area contributed by atoms with Crippen molar-refractivity contribution < 1.29 is 4.74 Å². The molecule has 21 heavy (non-hydrogen) atoms. The van der Waals surface area contributed by atoms with Crippen LogP contribution in [0.3, 0.4) is 0 Å². The van der Waals surface area contributed by atoms with Gasteiger partial charge < -0.3 is 10.1 Å². The average molecular weight is 291 g/mol. The zero-order valence-electron chi connectivity index (χ0n) is 14.5. The van der Waals surface area contributed by atoms with Crippen LogP contribution in [0.25, 0.3) is 0 Å². The molecule has 0 amide bonds. The van der Waals surface area contributed by atoms with E-state index in [0.717, 1.165) is 18.2 Å². The Morgan fingerprint density at radius 1 is 1.10 bits per heavy atom. The summed E-state index contributed by atoms with van der Waals surface area (Å²) in [7, 11) is 0. The summed E-state index contributed by atoms with van der Waals surface area (Å²) in [5.74, 6) is 1.73. The lowest BCUT2D eigenvalue weighted by atomic mass is 9.92. The maximum atomic E-state index is 5.83. The van der Waals surface area contributed by atoms with Gasteiger partial charge in [0.1, 0.15) is 5.75 Å². The molecule has 0 heterocycles. The first kappa shape index (κ1) is 18.0. The van der Waals surface area contributed by atoms with Gasteiger partial charge in [-0.1, -0.05) is 45.7 Å². The monoisotopic (exact) mass is 291 g/mol. The molecule has 2 heteroatoms. The van der Waals surface area contributed by atoms with Gasteiger partial charge in [-0.05, 0) is 56.8 Å². The van der Waals surface area contributed by atoms with Crippen molar-refractivity contribution in [2.45, 2.75) is 72.4 Å². The summed E-state index contributed by atoms with van der Waals surface area (Å²) in [4.78, 5) is 0. The smallest absolute Gasteiger partial charge is 0.120 e. The van der Waals surface area contributed by atoms with Crippen LogP contribution in [0.2, 0.25) is 0 Å². The van der Waals surface area contributed by atoms with Gasteiger partial charge in [-0.15, -0.1) is 0 Å². The second kappa shape index (κ2) is 9.83. The normalized spacial score (nSPS) is 14.2. The lowest BCUT2D eigenvalue weighted by molar-refractivity contribution is 0.242. The molecule has 1 N–H and O–H groups in total. The summed E-state index contributed by atoms with van der Waals surface area (Å²) in [6.45, 7) is 12.1. The van der Waals surface area contributed by atoms with Crippen LogP contribution in [0, 0.1) is 5.92 Å². The van der Waals surface area contributed by atoms with Gasteiger partial charge in [-0.25, -0.2) is 0 Å². The number of hydrogen-bond donors (Lipinski definition) is 1. The molecule has 2 atom stereocenters. The first-order chi connectivity index (χ1) is 10.1. The highest BCUT2D eigenvalue weighted by Crippen LogP contribution is 2.27. The average Bonchev–Trinajstić information content (AvgIpc) is 2.43. The molecule has 0 aliphatic carbocycles. The fraction of sp³-hybridized carbons (Fsp3) is 0.684. The third-order valence-electron chi connectivity index (χ3n) is 3.69. The molecule has 0 saturated heterocycles. The Balaban J connectivity index is 2.80. The Hall–Kier alpha value is -1.02. The molecule has 120 valence electrons. The van der Waals surface area contributed by atoms with E-state index >= 15 is 0 Å². The lowest BCUT2D eigenvalue weighted by Gasteiger charge is -2.23. The maximum absolute atomic E-state index is 5.83. The Bertz CT molecular complexity index is 389. The fourth-order valence-electron chi connectivity index (χ4n) is 2.75. The number of benzene rings is 1. The zero-order valence-corrected chi connectivity index (χ0v) is 14.5. The molecule has 0 aliphatic heterocycles. The minimum absolute atomic E-state index is 0.223. The molecule has 0 saturated carbocycles. The van der Waals surface area contributed by atoms with E-state index in [-0.39, 0.29) is 6.10 Å². The molecular weight excluding hydrogens is 258 g/mol. The molecule has 0 aromatic heterocycles. The van der Waals surface area contributed by atoms with Gasteiger partial charge in [0, 0.05) is 6.04 Å². The van der Waals surface area contributed by atoms with Crippen LogP contribution >= 0.6 is 0 Å². The minimum Gasteiger partial charge on any atom is -0.491 e. The van der Waals surface area contributed by atoms with Crippen molar-refractivity contribution in [3.05, 3.63) is 29.8 Å². The van der Waals surface area contributed by atoms with Crippen molar-refractivity contribution in [2.75, 3.05) is 6.54 Å². The van der Waals surface area contributed by atoms with E-state index in [1.54, 1.807) is 0 Å². The van der Waals surface area contributed by atoms with Gasteiger partial charge in [0.05, 0.1) is 6.10 Å². The topological polar surface area (TPSA) is 21.3 Å². The Morgan fingerprint density at radius 3 is 2.48 bits per heavy atom. The SMILES string of the molecule is CCCNC(CC(C)CCC)c1cccc(OC(C)C)c1. The largest absolute Gasteiger partial charge is 0.491 e. The number of hydrogen-bond acceptors (Lipinski definition) is 2.